The Hall–Kier alpha value is -9.20. The fourth-order valence-electron chi connectivity index (χ4n) is 9.65. The summed E-state index contributed by atoms with van der Waals surface area (Å²) in [6, 6.07) is 59.3. The maximum absolute atomic E-state index is 16.2. The molecular weight excluding hydrogens is 874 g/mol. The number of nitriles is 1. The van der Waals surface area contributed by atoms with Crippen LogP contribution < -0.4 is 0 Å². The number of hydrogen-bond donors (Lipinski definition) is 0. The van der Waals surface area contributed by atoms with Crippen LogP contribution in [0.1, 0.15) is 5.56 Å². The second kappa shape index (κ2) is 16.3. The van der Waals surface area contributed by atoms with Gasteiger partial charge >= 0.3 is 0 Å². The Morgan fingerprint density at radius 3 is 1.19 bits per heavy atom. The molecule has 12 rings (SSSR count). The summed E-state index contributed by atoms with van der Waals surface area (Å²) in [5.74, 6) is -10.4. The van der Waals surface area contributed by atoms with E-state index in [1.165, 1.54) is 12.1 Å². The zero-order valence-electron chi connectivity index (χ0n) is 36.1. The first kappa shape index (κ1) is 41.2. The van der Waals surface area contributed by atoms with Gasteiger partial charge in [0.2, 0.25) is 5.82 Å². The molecule has 0 amide bonds. The third-order valence-electron chi connectivity index (χ3n) is 12.9. The van der Waals surface area contributed by atoms with Crippen LogP contribution in [0.25, 0.3) is 111 Å². The molecule has 4 heterocycles. The van der Waals surface area contributed by atoms with Crippen molar-refractivity contribution in [2.24, 2.45) is 0 Å². The number of para-hydroxylation sites is 2. The fourth-order valence-corrected chi connectivity index (χ4v) is 9.65. The fraction of sp³-hybridized carbons (Fsp3) is 0. The molecule has 0 N–H and O–H groups in total. The standard InChI is InChI=1S/C59H32F5N5/c60-55-54(56(61)58(63)59(64)57(55)62)40-31-52(68-48-17-9-7-15-41(48)43-21-19-36(29-50(43)68)38-23-25-66-46(27-38)34-11-3-1-4-12-34)45(33-65)53(32-40)69-49-18-10-8-16-42(49)44-22-20-37(30-51(44)69)39-24-26-67-47(28-39)35-13-5-2-6-14-35/h1-32H. The highest BCUT2D eigenvalue weighted by atomic mass is 19.2. The van der Waals surface area contributed by atoms with Gasteiger partial charge in [-0.2, -0.15) is 5.26 Å². The van der Waals surface area contributed by atoms with Crippen LogP contribution in [-0.2, 0) is 0 Å². The monoisotopic (exact) mass is 905 g/mol. The van der Waals surface area contributed by atoms with Crippen molar-refractivity contribution in [3.8, 4) is 73.3 Å². The van der Waals surface area contributed by atoms with Gasteiger partial charge in [0.1, 0.15) is 11.6 Å². The van der Waals surface area contributed by atoms with Crippen molar-refractivity contribution in [1.82, 2.24) is 19.1 Å². The summed E-state index contributed by atoms with van der Waals surface area (Å²) in [5.41, 5.74) is 8.15. The van der Waals surface area contributed by atoms with Crippen molar-refractivity contribution in [2.45, 2.75) is 0 Å². The molecule has 0 fully saturated rings. The molecule has 0 unspecified atom stereocenters. The number of halogens is 5. The van der Waals surface area contributed by atoms with E-state index in [0.29, 0.717) is 22.1 Å². The van der Waals surface area contributed by atoms with Gasteiger partial charge in [0.25, 0.3) is 0 Å². The molecule has 0 aliphatic rings. The number of hydrogen-bond acceptors (Lipinski definition) is 3. The summed E-state index contributed by atoms with van der Waals surface area (Å²) < 4.78 is 81.4. The van der Waals surface area contributed by atoms with Crippen LogP contribution in [0.4, 0.5) is 22.0 Å². The Balaban J connectivity index is 1.17. The lowest BCUT2D eigenvalue weighted by Gasteiger charge is -2.19. The summed E-state index contributed by atoms with van der Waals surface area (Å²) >= 11 is 0. The molecule has 69 heavy (non-hydrogen) atoms. The molecular formula is C59H32F5N5. The Morgan fingerprint density at radius 2 is 0.739 bits per heavy atom. The summed E-state index contributed by atoms with van der Waals surface area (Å²) in [6.45, 7) is 0. The van der Waals surface area contributed by atoms with Crippen LogP contribution in [0.5, 0.6) is 0 Å². The van der Waals surface area contributed by atoms with Crippen LogP contribution in [0.2, 0.25) is 0 Å². The van der Waals surface area contributed by atoms with E-state index < -0.39 is 34.6 Å². The number of rotatable bonds is 7. The number of pyridine rings is 2. The lowest BCUT2D eigenvalue weighted by molar-refractivity contribution is 0.381. The van der Waals surface area contributed by atoms with Crippen LogP contribution in [0.15, 0.2) is 194 Å². The third-order valence-corrected chi connectivity index (χ3v) is 12.9. The maximum atomic E-state index is 16.2. The molecule has 4 aromatic heterocycles. The Bertz CT molecular complexity index is 3850. The number of fused-ring (bicyclic) bond motifs is 6. The first-order valence-electron chi connectivity index (χ1n) is 22.0. The molecule has 10 heteroatoms. The van der Waals surface area contributed by atoms with Crippen LogP contribution in [0, 0.1) is 40.4 Å². The molecule has 0 saturated heterocycles. The van der Waals surface area contributed by atoms with E-state index in [4.69, 9.17) is 0 Å². The van der Waals surface area contributed by atoms with E-state index in [2.05, 4.69) is 16.0 Å². The van der Waals surface area contributed by atoms with Crippen LogP contribution in [-0.4, -0.2) is 19.1 Å². The second-order valence-corrected chi connectivity index (χ2v) is 16.7. The molecule has 8 aromatic carbocycles. The predicted octanol–water partition coefficient (Wildman–Crippen LogP) is 15.6. The molecule has 0 radical (unpaired) electrons. The first-order valence-corrected chi connectivity index (χ1v) is 22.0. The van der Waals surface area contributed by atoms with Crippen molar-refractivity contribution in [3.05, 3.63) is 229 Å². The lowest BCUT2D eigenvalue weighted by atomic mass is 9.98. The number of aromatic nitrogens is 4. The molecule has 0 saturated carbocycles. The van der Waals surface area contributed by atoms with Gasteiger partial charge in [0, 0.05) is 45.1 Å². The highest BCUT2D eigenvalue weighted by Gasteiger charge is 2.30. The van der Waals surface area contributed by atoms with Crippen molar-refractivity contribution in [3.63, 3.8) is 0 Å². The van der Waals surface area contributed by atoms with Gasteiger partial charge in [-0.25, -0.2) is 22.0 Å². The van der Waals surface area contributed by atoms with E-state index >= 15 is 17.6 Å². The van der Waals surface area contributed by atoms with Gasteiger partial charge < -0.3 is 9.13 Å². The highest BCUT2D eigenvalue weighted by molar-refractivity contribution is 6.12. The quantitative estimate of drug-likeness (QED) is 0.0909. The van der Waals surface area contributed by atoms with E-state index in [0.717, 1.165) is 66.3 Å². The third kappa shape index (κ3) is 6.66. The SMILES string of the molecule is N#Cc1c(-n2c3ccccc3c3ccc(-c4ccnc(-c5ccccc5)c4)cc32)cc(-c2c(F)c(F)c(F)c(F)c2F)cc1-n1c2ccccc2c2ccc(-c3ccnc(-c4ccccc4)c3)cc21. The largest absolute Gasteiger partial charge is 0.308 e. The highest BCUT2D eigenvalue weighted by Crippen LogP contribution is 2.43. The minimum atomic E-state index is -2.27. The summed E-state index contributed by atoms with van der Waals surface area (Å²) in [4.78, 5) is 9.24. The average molecular weight is 906 g/mol. The van der Waals surface area contributed by atoms with Crippen molar-refractivity contribution >= 4 is 43.6 Å². The Kier molecular flexibility index (Phi) is 9.74. The van der Waals surface area contributed by atoms with Gasteiger partial charge in [-0.05, 0) is 88.5 Å². The summed E-state index contributed by atoms with van der Waals surface area (Å²) in [7, 11) is 0. The number of nitrogens with zero attached hydrogens (tertiary/aromatic N) is 5. The molecule has 0 aliphatic carbocycles. The molecule has 0 atom stereocenters. The van der Waals surface area contributed by atoms with Gasteiger partial charge in [-0.15, -0.1) is 0 Å². The molecule has 328 valence electrons. The Morgan fingerprint density at radius 1 is 0.348 bits per heavy atom. The van der Waals surface area contributed by atoms with Gasteiger partial charge in [-0.1, -0.05) is 121 Å². The lowest BCUT2D eigenvalue weighted by Crippen LogP contribution is -2.08. The molecule has 0 spiro atoms. The molecule has 12 aromatic rings. The van der Waals surface area contributed by atoms with Crippen molar-refractivity contribution in [1.29, 1.82) is 5.26 Å². The normalized spacial score (nSPS) is 11.5. The molecule has 0 bridgehead atoms. The second-order valence-electron chi connectivity index (χ2n) is 16.7. The average Bonchev–Trinajstić information content (AvgIpc) is 3.92. The number of benzene rings is 8. The minimum Gasteiger partial charge on any atom is -0.308 e. The van der Waals surface area contributed by atoms with E-state index in [-0.39, 0.29) is 22.5 Å². The predicted molar refractivity (Wildman–Crippen MR) is 262 cm³/mol. The van der Waals surface area contributed by atoms with E-state index in [1.54, 1.807) is 12.4 Å². The zero-order valence-corrected chi connectivity index (χ0v) is 36.1. The van der Waals surface area contributed by atoms with E-state index in [9.17, 15) is 9.65 Å². The Labute approximate surface area is 390 Å². The summed E-state index contributed by atoms with van der Waals surface area (Å²) in [5, 5.41) is 14.7. The van der Waals surface area contributed by atoms with Crippen LogP contribution in [0.3, 0.4) is 0 Å². The molecule has 5 nitrogen and oxygen atoms in total. The topological polar surface area (TPSA) is 59.4 Å². The van der Waals surface area contributed by atoms with Crippen molar-refractivity contribution < 1.29 is 22.0 Å². The first-order chi connectivity index (χ1) is 33.8. The van der Waals surface area contributed by atoms with Crippen LogP contribution >= 0.6 is 0 Å². The summed E-state index contributed by atoms with van der Waals surface area (Å²) in [6.07, 6.45) is 3.47. The van der Waals surface area contributed by atoms with Gasteiger partial charge in [0.15, 0.2) is 23.3 Å². The van der Waals surface area contributed by atoms with Gasteiger partial charge in [-0.3, -0.25) is 9.97 Å². The maximum Gasteiger partial charge on any atom is 0.200 e. The van der Waals surface area contributed by atoms with E-state index in [1.807, 2.05) is 179 Å². The smallest absolute Gasteiger partial charge is 0.200 e. The minimum absolute atomic E-state index is 0.0780. The molecule has 0 aliphatic heterocycles. The van der Waals surface area contributed by atoms with Gasteiger partial charge in [0.05, 0.1) is 50.4 Å². The van der Waals surface area contributed by atoms with Crippen molar-refractivity contribution in [2.75, 3.05) is 0 Å². The zero-order chi connectivity index (χ0) is 46.9.